The number of furan rings is 1. The Morgan fingerprint density at radius 2 is 1.84 bits per heavy atom. The number of halogens is 1. The quantitative estimate of drug-likeness (QED) is 0.678. The zero-order valence-corrected chi connectivity index (χ0v) is 14.5. The fourth-order valence-corrected chi connectivity index (χ4v) is 2.78. The molecule has 128 valence electrons. The maximum absolute atomic E-state index is 12.5. The van der Waals surface area contributed by atoms with E-state index in [9.17, 15) is 4.79 Å². The van der Waals surface area contributed by atoms with E-state index in [1.165, 1.54) is 0 Å². The van der Waals surface area contributed by atoms with Crippen LogP contribution < -0.4 is 10.6 Å². The normalized spacial score (nSPS) is 13.2. The molecule has 0 aliphatic heterocycles. The van der Waals surface area contributed by atoms with E-state index in [1.54, 1.807) is 30.5 Å². The topological polar surface area (TPSA) is 54.3 Å². The molecule has 0 unspecified atom stereocenters. The van der Waals surface area contributed by atoms with Crippen molar-refractivity contribution in [2.45, 2.75) is 19.0 Å². The summed E-state index contributed by atoms with van der Waals surface area (Å²) < 4.78 is 5.55. The van der Waals surface area contributed by atoms with E-state index in [0.717, 1.165) is 11.3 Å². The van der Waals surface area contributed by atoms with Crippen molar-refractivity contribution in [3.63, 3.8) is 0 Å². The van der Waals surface area contributed by atoms with Crippen LogP contribution in [-0.2, 0) is 4.79 Å². The maximum Gasteiger partial charge on any atom is 0.241 e. The number of carbonyl (C=O) groups is 1. The Bertz CT molecular complexity index is 819. The molecule has 0 bridgehead atoms. The molecule has 0 saturated heterocycles. The number of hydrogen-bond donors (Lipinski definition) is 2. The van der Waals surface area contributed by atoms with Gasteiger partial charge in [0.2, 0.25) is 5.91 Å². The highest BCUT2D eigenvalue weighted by atomic mass is 35.5. The van der Waals surface area contributed by atoms with E-state index >= 15 is 0 Å². The van der Waals surface area contributed by atoms with E-state index in [-0.39, 0.29) is 11.9 Å². The Labute approximate surface area is 151 Å². The van der Waals surface area contributed by atoms with Crippen LogP contribution in [0.5, 0.6) is 0 Å². The fraction of sp³-hybridized carbons (Fsp3) is 0.150. The summed E-state index contributed by atoms with van der Waals surface area (Å²) >= 11 is 5.96. The summed E-state index contributed by atoms with van der Waals surface area (Å²) in [6.07, 6.45) is 1.63. The van der Waals surface area contributed by atoms with Crippen molar-refractivity contribution >= 4 is 23.2 Å². The van der Waals surface area contributed by atoms with Crippen LogP contribution in [0.2, 0.25) is 5.02 Å². The lowest BCUT2D eigenvalue weighted by Crippen LogP contribution is -2.40. The molecule has 2 N–H and O–H groups in total. The van der Waals surface area contributed by atoms with Gasteiger partial charge in [0.15, 0.2) is 0 Å². The second-order valence-corrected chi connectivity index (χ2v) is 6.18. The van der Waals surface area contributed by atoms with Gasteiger partial charge in [0, 0.05) is 10.7 Å². The van der Waals surface area contributed by atoms with Crippen molar-refractivity contribution in [1.29, 1.82) is 0 Å². The highest BCUT2D eigenvalue weighted by Gasteiger charge is 2.22. The van der Waals surface area contributed by atoms with Gasteiger partial charge in [-0.3, -0.25) is 10.1 Å². The standard InChI is InChI=1S/C20H19ClN2O2/c1-14(20(24)23-17-10-5-9-16(21)13-17)22-19(18-11-6-12-25-18)15-7-3-2-4-8-15/h2-14,19,22H,1H3,(H,23,24)/t14-,19-/m1/s1. The lowest BCUT2D eigenvalue weighted by molar-refractivity contribution is -0.117. The third kappa shape index (κ3) is 4.50. The van der Waals surface area contributed by atoms with Gasteiger partial charge in [0.25, 0.3) is 0 Å². The summed E-state index contributed by atoms with van der Waals surface area (Å²) in [6.45, 7) is 1.82. The molecule has 2 atom stereocenters. The Balaban J connectivity index is 1.74. The predicted octanol–water partition coefficient (Wildman–Crippen LogP) is 4.64. The molecule has 0 radical (unpaired) electrons. The highest BCUT2D eigenvalue weighted by molar-refractivity contribution is 6.30. The molecule has 3 aromatic rings. The Kier molecular flexibility index (Phi) is 5.53. The van der Waals surface area contributed by atoms with Gasteiger partial charge in [-0.2, -0.15) is 0 Å². The second kappa shape index (κ2) is 8.01. The molecule has 0 fully saturated rings. The summed E-state index contributed by atoms with van der Waals surface area (Å²) in [6, 6.07) is 20.0. The van der Waals surface area contributed by atoms with Crippen LogP contribution in [0, 0.1) is 0 Å². The molecule has 0 aliphatic rings. The number of rotatable bonds is 6. The van der Waals surface area contributed by atoms with E-state index in [0.29, 0.717) is 10.7 Å². The monoisotopic (exact) mass is 354 g/mol. The smallest absolute Gasteiger partial charge is 0.241 e. The van der Waals surface area contributed by atoms with Gasteiger partial charge in [0.05, 0.1) is 18.3 Å². The Morgan fingerprint density at radius 3 is 2.52 bits per heavy atom. The van der Waals surface area contributed by atoms with Gasteiger partial charge in [-0.1, -0.05) is 48.0 Å². The molecule has 2 aromatic carbocycles. The number of amides is 1. The number of nitrogens with one attached hydrogen (secondary N) is 2. The Morgan fingerprint density at radius 1 is 1.04 bits per heavy atom. The zero-order valence-electron chi connectivity index (χ0n) is 13.8. The van der Waals surface area contributed by atoms with E-state index in [1.807, 2.05) is 49.4 Å². The third-order valence-electron chi connectivity index (χ3n) is 3.86. The van der Waals surface area contributed by atoms with Crippen molar-refractivity contribution in [3.05, 3.63) is 89.3 Å². The molecule has 5 heteroatoms. The largest absolute Gasteiger partial charge is 0.467 e. The summed E-state index contributed by atoms with van der Waals surface area (Å²) in [4.78, 5) is 12.5. The van der Waals surface area contributed by atoms with Gasteiger partial charge in [-0.15, -0.1) is 0 Å². The van der Waals surface area contributed by atoms with Gasteiger partial charge in [-0.05, 0) is 42.8 Å². The molecule has 3 rings (SSSR count). The molecular formula is C20H19ClN2O2. The van der Waals surface area contributed by atoms with Crippen molar-refractivity contribution < 1.29 is 9.21 Å². The van der Waals surface area contributed by atoms with Crippen LogP contribution in [0.25, 0.3) is 0 Å². The first kappa shape index (κ1) is 17.3. The van der Waals surface area contributed by atoms with Crippen LogP contribution in [0.1, 0.15) is 24.3 Å². The average Bonchev–Trinajstić information content (AvgIpc) is 3.14. The molecule has 1 heterocycles. The number of hydrogen-bond acceptors (Lipinski definition) is 3. The summed E-state index contributed by atoms with van der Waals surface area (Å²) in [7, 11) is 0. The van der Waals surface area contributed by atoms with Gasteiger partial charge in [-0.25, -0.2) is 0 Å². The van der Waals surface area contributed by atoms with Gasteiger partial charge >= 0.3 is 0 Å². The second-order valence-electron chi connectivity index (χ2n) is 5.75. The lowest BCUT2D eigenvalue weighted by Gasteiger charge is -2.22. The molecule has 1 aromatic heterocycles. The van der Waals surface area contributed by atoms with Crippen LogP contribution >= 0.6 is 11.6 Å². The molecule has 4 nitrogen and oxygen atoms in total. The van der Waals surface area contributed by atoms with E-state index in [2.05, 4.69) is 10.6 Å². The van der Waals surface area contributed by atoms with Gasteiger partial charge < -0.3 is 9.73 Å². The molecule has 25 heavy (non-hydrogen) atoms. The van der Waals surface area contributed by atoms with E-state index < -0.39 is 6.04 Å². The minimum Gasteiger partial charge on any atom is -0.467 e. The first-order valence-corrected chi connectivity index (χ1v) is 8.42. The predicted molar refractivity (Wildman–Crippen MR) is 99.7 cm³/mol. The number of benzene rings is 2. The molecule has 0 spiro atoms. The first-order valence-electron chi connectivity index (χ1n) is 8.04. The summed E-state index contributed by atoms with van der Waals surface area (Å²) in [5.74, 6) is 0.614. The summed E-state index contributed by atoms with van der Waals surface area (Å²) in [5.41, 5.74) is 1.69. The van der Waals surface area contributed by atoms with Crippen LogP contribution in [-0.4, -0.2) is 11.9 Å². The molecule has 0 aliphatic carbocycles. The minimum atomic E-state index is -0.436. The van der Waals surface area contributed by atoms with Crippen molar-refractivity contribution in [2.75, 3.05) is 5.32 Å². The number of carbonyl (C=O) groups excluding carboxylic acids is 1. The minimum absolute atomic E-state index is 0.144. The summed E-state index contributed by atoms with van der Waals surface area (Å²) in [5, 5.41) is 6.78. The number of anilines is 1. The molecule has 1 amide bonds. The Hall–Kier alpha value is -2.56. The first-order chi connectivity index (χ1) is 12.1. The fourth-order valence-electron chi connectivity index (χ4n) is 2.59. The third-order valence-corrected chi connectivity index (χ3v) is 4.10. The van der Waals surface area contributed by atoms with Crippen LogP contribution in [0.3, 0.4) is 0 Å². The highest BCUT2D eigenvalue weighted by Crippen LogP contribution is 2.23. The van der Waals surface area contributed by atoms with E-state index in [4.69, 9.17) is 16.0 Å². The van der Waals surface area contributed by atoms with Crippen molar-refractivity contribution in [3.8, 4) is 0 Å². The van der Waals surface area contributed by atoms with Gasteiger partial charge in [0.1, 0.15) is 5.76 Å². The van der Waals surface area contributed by atoms with Crippen molar-refractivity contribution in [2.24, 2.45) is 0 Å². The average molecular weight is 355 g/mol. The maximum atomic E-state index is 12.5. The molecule has 0 saturated carbocycles. The zero-order chi connectivity index (χ0) is 17.6. The molecular weight excluding hydrogens is 336 g/mol. The van der Waals surface area contributed by atoms with Crippen LogP contribution in [0.4, 0.5) is 5.69 Å². The van der Waals surface area contributed by atoms with Crippen molar-refractivity contribution in [1.82, 2.24) is 5.32 Å². The van der Waals surface area contributed by atoms with Crippen LogP contribution in [0.15, 0.2) is 77.4 Å². The SMILES string of the molecule is C[C@@H](N[C@H](c1ccccc1)c1ccco1)C(=O)Nc1cccc(Cl)c1. The lowest BCUT2D eigenvalue weighted by atomic mass is 10.0.